The maximum absolute atomic E-state index is 12.6. The smallest absolute Gasteiger partial charge is 0.293 e. The lowest BCUT2D eigenvalue weighted by atomic mass is 10.1. The van der Waals surface area contributed by atoms with E-state index in [-0.39, 0.29) is 17.2 Å². The number of nitro groups is 1. The molecule has 1 amide bonds. The number of carbonyl (C=O) groups is 1. The molecule has 4 rings (SSSR count). The highest BCUT2D eigenvalue weighted by atomic mass is 32.1. The van der Waals surface area contributed by atoms with Crippen molar-refractivity contribution in [1.29, 1.82) is 0 Å². The standard InChI is InChI=1S/C17H18N6O4S/c1-10-11(2)28-17-19-16(20-22(10)17)18-15(24)12-3-4-13(14(9-12)23(25)26)21-5-7-27-8-6-21/h3-4,9H,5-8H2,1-2H3,(H,18,20,24). The van der Waals surface area contributed by atoms with Crippen molar-refractivity contribution in [2.45, 2.75) is 13.8 Å². The van der Waals surface area contributed by atoms with Gasteiger partial charge in [0.2, 0.25) is 4.96 Å². The lowest BCUT2D eigenvalue weighted by molar-refractivity contribution is -0.384. The van der Waals surface area contributed by atoms with Crippen molar-refractivity contribution in [2.24, 2.45) is 0 Å². The highest BCUT2D eigenvalue weighted by Crippen LogP contribution is 2.30. The Morgan fingerprint density at radius 1 is 1.32 bits per heavy atom. The van der Waals surface area contributed by atoms with Gasteiger partial charge in [0.15, 0.2) is 0 Å². The van der Waals surface area contributed by atoms with Crippen LogP contribution in [0.4, 0.5) is 17.3 Å². The molecule has 1 aliphatic rings. The van der Waals surface area contributed by atoms with E-state index in [1.54, 1.807) is 16.6 Å². The van der Waals surface area contributed by atoms with E-state index in [4.69, 9.17) is 4.74 Å². The predicted molar refractivity (Wildman–Crippen MR) is 104 cm³/mol. The van der Waals surface area contributed by atoms with E-state index in [0.29, 0.717) is 37.0 Å². The minimum Gasteiger partial charge on any atom is -0.378 e. The summed E-state index contributed by atoms with van der Waals surface area (Å²) in [6.45, 7) is 6.07. The fourth-order valence-electron chi connectivity index (χ4n) is 3.05. The van der Waals surface area contributed by atoms with Crippen LogP contribution in [0.1, 0.15) is 20.9 Å². The molecule has 3 aromatic rings. The summed E-state index contributed by atoms with van der Waals surface area (Å²) >= 11 is 1.48. The van der Waals surface area contributed by atoms with Crippen molar-refractivity contribution >= 4 is 39.5 Å². The molecule has 1 aliphatic heterocycles. The van der Waals surface area contributed by atoms with Crippen LogP contribution in [0.2, 0.25) is 0 Å². The van der Waals surface area contributed by atoms with Crippen LogP contribution in [0.15, 0.2) is 18.2 Å². The highest BCUT2D eigenvalue weighted by molar-refractivity contribution is 7.17. The quantitative estimate of drug-likeness (QED) is 0.526. The molecule has 11 heteroatoms. The minimum absolute atomic E-state index is 0.111. The zero-order valence-electron chi connectivity index (χ0n) is 15.3. The molecule has 0 aliphatic carbocycles. The predicted octanol–water partition coefficient (Wildman–Crippen LogP) is 2.40. The zero-order valence-corrected chi connectivity index (χ0v) is 16.2. The molecule has 1 N–H and O–H groups in total. The second-order valence-corrected chi connectivity index (χ2v) is 7.57. The summed E-state index contributed by atoms with van der Waals surface area (Å²) in [7, 11) is 0. The molecule has 0 atom stereocenters. The van der Waals surface area contributed by atoms with Crippen molar-refractivity contribution in [3.05, 3.63) is 44.4 Å². The number of aromatic nitrogens is 3. The van der Waals surface area contributed by atoms with E-state index in [1.165, 1.54) is 17.4 Å². The number of fused-ring (bicyclic) bond motifs is 1. The van der Waals surface area contributed by atoms with Gasteiger partial charge in [-0.2, -0.15) is 4.98 Å². The summed E-state index contributed by atoms with van der Waals surface area (Å²) in [4.78, 5) is 31.6. The van der Waals surface area contributed by atoms with Gasteiger partial charge < -0.3 is 9.64 Å². The fraction of sp³-hybridized carbons (Fsp3) is 0.353. The van der Waals surface area contributed by atoms with Crippen LogP contribution in [-0.2, 0) is 4.74 Å². The van der Waals surface area contributed by atoms with Crippen LogP contribution < -0.4 is 10.2 Å². The van der Waals surface area contributed by atoms with E-state index in [9.17, 15) is 14.9 Å². The first-order valence-corrected chi connectivity index (χ1v) is 9.51. The molecule has 2 aromatic heterocycles. The van der Waals surface area contributed by atoms with Crippen LogP contribution >= 0.6 is 11.3 Å². The Morgan fingerprint density at radius 2 is 2.07 bits per heavy atom. The Morgan fingerprint density at radius 3 is 2.75 bits per heavy atom. The van der Waals surface area contributed by atoms with Gasteiger partial charge in [0.05, 0.1) is 23.8 Å². The number of benzene rings is 1. The first kappa shape index (κ1) is 18.3. The number of hydrogen-bond donors (Lipinski definition) is 1. The number of carbonyl (C=O) groups excluding carboxylic acids is 1. The van der Waals surface area contributed by atoms with Crippen LogP contribution in [0, 0.1) is 24.0 Å². The van der Waals surface area contributed by atoms with E-state index in [2.05, 4.69) is 15.4 Å². The molecule has 1 fully saturated rings. The topological polar surface area (TPSA) is 115 Å². The zero-order chi connectivity index (χ0) is 19.8. The second-order valence-electron chi connectivity index (χ2n) is 6.39. The van der Waals surface area contributed by atoms with Crippen LogP contribution in [-0.4, -0.2) is 51.7 Å². The maximum Gasteiger partial charge on any atom is 0.293 e. The monoisotopic (exact) mass is 402 g/mol. The van der Waals surface area contributed by atoms with Gasteiger partial charge in [0.1, 0.15) is 5.69 Å². The van der Waals surface area contributed by atoms with Gasteiger partial charge in [0, 0.05) is 29.6 Å². The fourth-order valence-corrected chi connectivity index (χ4v) is 3.96. The van der Waals surface area contributed by atoms with Gasteiger partial charge in [-0.25, -0.2) is 4.52 Å². The van der Waals surface area contributed by atoms with Gasteiger partial charge >= 0.3 is 0 Å². The molecule has 0 spiro atoms. The Bertz CT molecular complexity index is 1070. The molecule has 1 aromatic carbocycles. The summed E-state index contributed by atoms with van der Waals surface area (Å²) < 4.78 is 6.96. The number of anilines is 2. The summed E-state index contributed by atoms with van der Waals surface area (Å²) in [6, 6.07) is 4.46. The first-order valence-electron chi connectivity index (χ1n) is 8.69. The molecule has 3 heterocycles. The van der Waals surface area contributed by atoms with Crippen molar-refractivity contribution in [2.75, 3.05) is 36.5 Å². The Labute approximate surface area is 163 Å². The SMILES string of the molecule is Cc1sc2nc(NC(=O)c3ccc(N4CCOCC4)c([N+](=O)[O-])c3)nn2c1C. The third-order valence-corrected chi connectivity index (χ3v) is 5.71. The second kappa shape index (κ2) is 7.17. The molecular weight excluding hydrogens is 384 g/mol. The minimum atomic E-state index is -0.496. The Kier molecular flexibility index (Phi) is 4.69. The molecule has 0 bridgehead atoms. The average Bonchev–Trinajstić information content (AvgIpc) is 3.20. The summed E-state index contributed by atoms with van der Waals surface area (Å²) in [5.41, 5.74) is 1.50. The van der Waals surface area contributed by atoms with Gasteiger partial charge in [0.25, 0.3) is 17.5 Å². The molecule has 0 unspecified atom stereocenters. The van der Waals surface area contributed by atoms with Crippen molar-refractivity contribution in [3.8, 4) is 0 Å². The van der Waals surface area contributed by atoms with E-state index in [0.717, 1.165) is 10.6 Å². The number of amides is 1. The molecule has 146 valence electrons. The van der Waals surface area contributed by atoms with Gasteiger partial charge in [-0.05, 0) is 26.0 Å². The molecule has 0 saturated carbocycles. The van der Waals surface area contributed by atoms with Gasteiger partial charge in [-0.3, -0.25) is 20.2 Å². The van der Waals surface area contributed by atoms with Crippen molar-refractivity contribution < 1.29 is 14.5 Å². The number of hydrogen-bond acceptors (Lipinski definition) is 8. The number of morpholine rings is 1. The van der Waals surface area contributed by atoms with Crippen molar-refractivity contribution in [3.63, 3.8) is 0 Å². The molecule has 28 heavy (non-hydrogen) atoms. The molecule has 10 nitrogen and oxygen atoms in total. The van der Waals surface area contributed by atoms with Crippen molar-refractivity contribution in [1.82, 2.24) is 14.6 Å². The number of ether oxygens (including phenoxy) is 1. The molecule has 1 saturated heterocycles. The highest BCUT2D eigenvalue weighted by Gasteiger charge is 2.24. The number of thiazole rings is 1. The number of nitrogens with zero attached hydrogens (tertiary/aromatic N) is 5. The maximum atomic E-state index is 12.6. The van der Waals surface area contributed by atoms with Crippen LogP contribution in [0.5, 0.6) is 0 Å². The van der Waals surface area contributed by atoms with Crippen LogP contribution in [0.3, 0.4) is 0 Å². The molecular formula is C17H18N6O4S. The third-order valence-electron chi connectivity index (χ3n) is 4.66. The lowest BCUT2D eigenvalue weighted by Crippen LogP contribution is -2.36. The van der Waals surface area contributed by atoms with Gasteiger partial charge in [-0.15, -0.1) is 5.10 Å². The Balaban J connectivity index is 1.59. The summed E-state index contributed by atoms with van der Waals surface area (Å²) in [5, 5.41) is 18.4. The van der Waals surface area contributed by atoms with E-state index >= 15 is 0 Å². The normalized spacial score (nSPS) is 14.4. The Hall–Kier alpha value is -3.05. The first-order chi connectivity index (χ1) is 13.4. The largest absolute Gasteiger partial charge is 0.378 e. The average molecular weight is 402 g/mol. The lowest BCUT2D eigenvalue weighted by Gasteiger charge is -2.28. The third kappa shape index (κ3) is 3.29. The number of nitro benzene ring substituents is 1. The van der Waals surface area contributed by atoms with Gasteiger partial charge in [-0.1, -0.05) is 11.3 Å². The van der Waals surface area contributed by atoms with E-state index in [1.807, 2.05) is 18.7 Å². The number of aryl methyl sites for hydroxylation is 2. The number of rotatable bonds is 4. The molecule has 0 radical (unpaired) electrons. The summed E-state index contributed by atoms with van der Waals surface area (Å²) in [6.07, 6.45) is 0. The number of nitrogens with one attached hydrogen (secondary N) is 1. The van der Waals surface area contributed by atoms with E-state index < -0.39 is 10.8 Å². The van der Waals surface area contributed by atoms with Crippen LogP contribution in [0.25, 0.3) is 4.96 Å². The summed E-state index contributed by atoms with van der Waals surface area (Å²) in [5.74, 6) is -0.330.